The molecular formula is C16H20N2O3. The van der Waals surface area contributed by atoms with E-state index in [0.29, 0.717) is 6.67 Å². The van der Waals surface area contributed by atoms with Crippen LogP contribution in [0.2, 0.25) is 0 Å². The number of anilines is 1. The van der Waals surface area contributed by atoms with Gasteiger partial charge in [-0.05, 0) is 25.0 Å². The van der Waals surface area contributed by atoms with Gasteiger partial charge >= 0.3 is 5.97 Å². The maximum atomic E-state index is 12.8. The van der Waals surface area contributed by atoms with Gasteiger partial charge in [0.05, 0.1) is 6.67 Å². The van der Waals surface area contributed by atoms with E-state index in [1.807, 2.05) is 30.3 Å². The molecule has 0 unspecified atom stereocenters. The summed E-state index contributed by atoms with van der Waals surface area (Å²) in [5.74, 6) is -0.974. The summed E-state index contributed by atoms with van der Waals surface area (Å²) in [4.78, 5) is 27.4. The molecule has 0 bridgehead atoms. The first-order valence-electron chi connectivity index (χ1n) is 7.47. The van der Waals surface area contributed by atoms with Gasteiger partial charge in [0.25, 0.3) is 0 Å². The van der Waals surface area contributed by atoms with Crippen LogP contribution in [0.5, 0.6) is 0 Å². The molecule has 5 heteroatoms. The molecule has 112 valence electrons. The molecule has 3 rings (SSSR count). The number of hydrogen-bond acceptors (Lipinski definition) is 3. The Labute approximate surface area is 124 Å². The van der Waals surface area contributed by atoms with E-state index in [1.165, 1.54) is 4.90 Å². The van der Waals surface area contributed by atoms with Gasteiger partial charge in [-0.2, -0.15) is 0 Å². The summed E-state index contributed by atoms with van der Waals surface area (Å²) in [7, 11) is 0. The van der Waals surface area contributed by atoms with Crippen LogP contribution in [0, 0.1) is 0 Å². The van der Waals surface area contributed by atoms with Gasteiger partial charge in [0.2, 0.25) is 5.91 Å². The van der Waals surface area contributed by atoms with Crippen molar-refractivity contribution in [3.8, 4) is 0 Å². The number of carboxylic acids is 1. The SMILES string of the molecule is O=C(O)CN1CN(c2ccccc2)C2(CCCCC2)C1=O. The molecule has 1 spiro atoms. The molecule has 2 aliphatic rings. The van der Waals surface area contributed by atoms with E-state index in [0.717, 1.165) is 37.8 Å². The first-order chi connectivity index (χ1) is 10.1. The van der Waals surface area contributed by atoms with Crippen LogP contribution in [0.1, 0.15) is 32.1 Å². The van der Waals surface area contributed by atoms with Gasteiger partial charge < -0.3 is 14.9 Å². The molecule has 1 aromatic carbocycles. The molecule has 0 aromatic heterocycles. The van der Waals surface area contributed by atoms with Crippen LogP contribution < -0.4 is 4.90 Å². The standard InChI is InChI=1S/C16H20N2O3/c19-14(20)11-17-12-18(13-7-3-1-4-8-13)16(15(17)21)9-5-2-6-10-16/h1,3-4,7-8H,2,5-6,9-12H2,(H,19,20). The van der Waals surface area contributed by atoms with Crippen molar-refractivity contribution < 1.29 is 14.7 Å². The summed E-state index contributed by atoms with van der Waals surface area (Å²) < 4.78 is 0. The van der Waals surface area contributed by atoms with E-state index < -0.39 is 11.5 Å². The highest BCUT2D eigenvalue weighted by atomic mass is 16.4. The molecule has 1 aliphatic heterocycles. The third-order valence-corrected chi connectivity index (χ3v) is 4.59. The van der Waals surface area contributed by atoms with Crippen molar-refractivity contribution in [3.05, 3.63) is 30.3 Å². The lowest BCUT2D eigenvalue weighted by atomic mass is 9.80. The molecule has 1 amide bonds. The van der Waals surface area contributed by atoms with Crippen molar-refractivity contribution in [2.75, 3.05) is 18.1 Å². The van der Waals surface area contributed by atoms with Crippen LogP contribution in [0.15, 0.2) is 30.3 Å². The van der Waals surface area contributed by atoms with E-state index in [4.69, 9.17) is 5.11 Å². The van der Waals surface area contributed by atoms with E-state index in [2.05, 4.69) is 4.90 Å². The van der Waals surface area contributed by atoms with E-state index in [1.54, 1.807) is 0 Å². The van der Waals surface area contributed by atoms with Crippen molar-refractivity contribution in [1.82, 2.24) is 4.90 Å². The summed E-state index contributed by atoms with van der Waals surface area (Å²) in [5.41, 5.74) is 0.468. The summed E-state index contributed by atoms with van der Waals surface area (Å²) in [6, 6.07) is 9.85. The Hall–Kier alpha value is -2.04. The second-order valence-corrected chi connectivity index (χ2v) is 5.89. The molecule has 21 heavy (non-hydrogen) atoms. The van der Waals surface area contributed by atoms with Crippen LogP contribution in [0.25, 0.3) is 0 Å². The van der Waals surface area contributed by atoms with Crippen molar-refractivity contribution in [1.29, 1.82) is 0 Å². The van der Waals surface area contributed by atoms with Gasteiger partial charge in [-0.25, -0.2) is 0 Å². The minimum atomic E-state index is -0.954. The van der Waals surface area contributed by atoms with Crippen molar-refractivity contribution in [2.45, 2.75) is 37.6 Å². The highest BCUT2D eigenvalue weighted by molar-refractivity contribution is 5.95. The second-order valence-electron chi connectivity index (χ2n) is 5.89. The highest BCUT2D eigenvalue weighted by Gasteiger charge is 2.52. The largest absolute Gasteiger partial charge is 0.480 e. The predicted molar refractivity (Wildman–Crippen MR) is 79.0 cm³/mol. The third kappa shape index (κ3) is 2.37. The van der Waals surface area contributed by atoms with Gasteiger partial charge in [-0.3, -0.25) is 9.59 Å². The lowest BCUT2D eigenvalue weighted by molar-refractivity contribution is -0.144. The molecule has 2 fully saturated rings. The number of carbonyl (C=O) groups excluding carboxylic acids is 1. The molecule has 1 N–H and O–H groups in total. The van der Waals surface area contributed by atoms with Crippen molar-refractivity contribution >= 4 is 17.6 Å². The van der Waals surface area contributed by atoms with Gasteiger partial charge in [0, 0.05) is 5.69 Å². The molecule has 1 heterocycles. The molecule has 1 saturated carbocycles. The Bertz CT molecular complexity index is 538. The van der Waals surface area contributed by atoms with Crippen molar-refractivity contribution in [3.63, 3.8) is 0 Å². The Balaban J connectivity index is 1.96. The Kier molecular flexibility index (Phi) is 3.57. The van der Waals surface area contributed by atoms with Crippen molar-refractivity contribution in [2.24, 2.45) is 0 Å². The number of carbonyl (C=O) groups is 2. The number of hydrogen-bond donors (Lipinski definition) is 1. The molecule has 0 atom stereocenters. The lowest BCUT2D eigenvalue weighted by Gasteiger charge is -2.39. The van der Waals surface area contributed by atoms with Crippen LogP contribution in [-0.4, -0.2) is 40.6 Å². The molecule has 1 aromatic rings. The Morgan fingerprint density at radius 2 is 1.81 bits per heavy atom. The summed E-state index contributed by atoms with van der Waals surface area (Å²) in [6.07, 6.45) is 4.83. The number of rotatable bonds is 3. The lowest BCUT2D eigenvalue weighted by Crippen LogP contribution is -2.51. The summed E-state index contributed by atoms with van der Waals surface area (Å²) >= 11 is 0. The number of para-hydroxylation sites is 1. The molecule has 5 nitrogen and oxygen atoms in total. The average molecular weight is 288 g/mol. The minimum absolute atomic E-state index is 0.0200. The fraction of sp³-hybridized carbons (Fsp3) is 0.500. The van der Waals surface area contributed by atoms with Gasteiger partial charge in [0.1, 0.15) is 12.1 Å². The molecule has 0 radical (unpaired) electrons. The monoisotopic (exact) mass is 288 g/mol. The summed E-state index contributed by atoms with van der Waals surface area (Å²) in [6.45, 7) is 0.152. The minimum Gasteiger partial charge on any atom is -0.480 e. The number of carboxylic acid groups (broad SMARTS) is 1. The van der Waals surface area contributed by atoms with Gasteiger partial charge in [-0.1, -0.05) is 37.5 Å². The second kappa shape index (κ2) is 5.39. The predicted octanol–water partition coefficient (Wildman–Crippen LogP) is 2.08. The molecule has 1 saturated heterocycles. The topological polar surface area (TPSA) is 60.9 Å². The normalized spacial score (nSPS) is 21.0. The number of benzene rings is 1. The number of aliphatic carboxylic acids is 1. The first kappa shape index (κ1) is 13.9. The van der Waals surface area contributed by atoms with Crippen LogP contribution in [0.3, 0.4) is 0 Å². The van der Waals surface area contributed by atoms with Crippen LogP contribution in [-0.2, 0) is 9.59 Å². The molecule has 1 aliphatic carbocycles. The fourth-order valence-electron chi connectivity index (χ4n) is 3.62. The maximum Gasteiger partial charge on any atom is 0.323 e. The van der Waals surface area contributed by atoms with E-state index in [-0.39, 0.29) is 12.5 Å². The Morgan fingerprint density at radius 1 is 1.14 bits per heavy atom. The highest BCUT2D eigenvalue weighted by Crippen LogP contribution is 2.41. The number of nitrogens with zero attached hydrogens (tertiary/aromatic N) is 2. The van der Waals surface area contributed by atoms with Crippen LogP contribution >= 0.6 is 0 Å². The fourth-order valence-corrected chi connectivity index (χ4v) is 3.62. The average Bonchev–Trinajstić information content (AvgIpc) is 2.75. The smallest absolute Gasteiger partial charge is 0.323 e. The summed E-state index contributed by atoms with van der Waals surface area (Å²) in [5, 5.41) is 9.02. The zero-order valence-electron chi connectivity index (χ0n) is 12.0. The van der Waals surface area contributed by atoms with Crippen LogP contribution in [0.4, 0.5) is 5.69 Å². The Morgan fingerprint density at radius 3 is 2.43 bits per heavy atom. The zero-order valence-corrected chi connectivity index (χ0v) is 12.0. The van der Waals surface area contributed by atoms with E-state index >= 15 is 0 Å². The maximum absolute atomic E-state index is 12.8. The van der Waals surface area contributed by atoms with E-state index in [9.17, 15) is 9.59 Å². The molecular weight excluding hydrogens is 268 g/mol. The number of amides is 1. The zero-order chi connectivity index (χ0) is 14.9. The third-order valence-electron chi connectivity index (χ3n) is 4.59. The quantitative estimate of drug-likeness (QED) is 0.925. The van der Waals surface area contributed by atoms with Gasteiger partial charge in [-0.15, -0.1) is 0 Å². The van der Waals surface area contributed by atoms with Gasteiger partial charge in [0.15, 0.2) is 0 Å². The first-order valence-corrected chi connectivity index (χ1v) is 7.47.